The van der Waals surface area contributed by atoms with E-state index in [2.05, 4.69) is 25.7 Å². The number of rotatable bonds is 5. The van der Waals surface area contributed by atoms with Crippen LogP contribution >= 0.6 is 0 Å². The lowest BCUT2D eigenvalue weighted by molar-refractivity contribution is 0.241. The maximum absolute atomic E-state index is 5.78. The summed E-state index contributed by atoms with van der Waals surface area (Å²) in [5.41, 5.74) is 6.30. The van der Waals surface area contributed by atoms with Gasteiger partial charge in [0.15, 0.2) is 0 Å². The summed E-state index contributed by atoms with van der Waals surface area (Å²) >= 11 is 0. The molecule has 0 saturated heterocycles. The quantitative estimate of drug-likeness (QED) is 0.607. The first-order valence-corrected chi connectivity index (χ1v) is 4.64. The van der Waals surface area contributed by atoms with E-state index in [0.29, 0.717) is 12.0 Å². The highest BCUT2D eigenvalue weighted by molar-refractivity contribution is 5.09. The Bertz CT molecular complexity index is 173. The van der Waals surface area contributed by atoms with Gasteiger partial charge >= 0.3 is 0 Å². The van der Waals surface area contributed by atoms with Crippen LogP contribution in [0.1, 0.15) is 26.7 Å². The lowest BCUT2D eigenvalue weighted by atomic mass is 9.84. The van der Waals surface area contributed by atoms with E-state index in [1.165, 1.54) is 12.8 Å². The summed E-state index contributed by atoms with van der Waals surface area (Å²) in [4.78, 5) is 0. The zero-order valence-corrected chi connectivity index (χ0v) is 8.19. The van der Waals surface area contributed by atoms with Gasteiger partial charge in [-0.15, -0.1) is 6.58 Å². The largest absolute Gasteiger partial charge is 0.329 e. The molecule has 2 nitrogen and oxygen atoms in total. The van der Waals surface area contributed by atoms with Crippen LogP contribution in [0.15, 0.2) is 12.7 Å². The first-order valence-electron chi connectivity index (χ1n) is 4.64. The highest BCUT2D eigenvalue weighted by atomic mass is 15.0. The van der Waals surface area contributed by atoms with Crippen molar-refractivity contribution in [3.05, 3.63) is 12.7 Å². The van der Waals surface area contributed by atoms with Gasteiger partial charge in [0, 0.05) is 18.6 Å². The normalized spacial score (nSPS) is 24.6. The molecule has 0 aromatic carbocycles. The third-order valence-electron chi connectivity index (χ3n) is 3.38. The maximum atomic E-state index is 5.78. The number of hydrogen-bond acceptors (Lipinski definition) is 2. The Hall–Kier alpha value is -0.340. The van der Waals surface area contributed by atoms with E-state index in [4.69, 9.17) is 5.73 Å². The Balaban J connectivity index is 2.55. The van der Waals surface area contributed by atoms with Crippen LogP contribution in [0.25, 0.3) is 0 Å². The fourth-order valence-electron chi connectivity index (χ4n) is 1.57. The Morgan fingerprint density at radius 3 is 2.58 bits per heavy atom. The molecule has 1 unspecified atom stereocenters. The number of hydrogen-bond donors (Lipinski definition) is 2. The van der Waals surface area contributed by atoms with E-state index in [1.54, 1.807) is 0 Å². The standard InChI is InChI=1S/C10H20N2/c1-4-7-12-10(3,8-11)9(2)5-6-9/h4,12H,1,5-8,11H2,2-3H3. The first kappa shape index (κ1) is 9.75. The lowest BCUT2D eigenvalue weighted by Crippen LogP contribution is -2.54. The minimum absolute atomic E-state index is 0.0984. The SMILES string of the molecule is C=CCNC(C)(CN)C1(C)CC1. The summed E-state index contributed by atoms with van der Waals surface area (Å²) in [5, 5.41) is 3.45. The molecule has 3 N–H and O–H groups in total. The molecule has 0 bridgehead atoms. The Kier molecular flexibility index (Phi) is 2.59. The van der Waals surface area contributed by atoms with Gasteiger partial charge in [-0.1, -0.05) is 13.0 Å². The molecule has 0 amide bonds. The van der Waals surface area contributed by atoms with Gasteiger partial charge in [-0.3, -0.25) is 0 Å². The van der Waals surface area contributed by atoms with E-state index in [9.17, 15) is 0 Å². The van der Waals surface area contributed by atoms with E-state index in [-0.39, 0.29) is 5.54 Å². The molecule has 0 radical (unpaired) electrons. The second-order valence-electron chi connectivity index (χ2n) is 4.27. The van der Waals surface area contributed by atoms with E-state index < -0.39 is 0 Å². The van der Waals surface area contributed by atoms with Gasteiger partial charge in [-0.05, 0) is 25.2 Å². The summed E-state index contributed by atoms with van der Waals surface area (Å²) in [5.74, 6) is 0. The number of nitrogens with two attached hydrogens (primary N) is 1. The van der Waals surface area contributed by atoms with Crippen LogP contribution in [-0.4, -0.2) is 18.6 Å². The summed E-state index contributed by atoms with van der Waals surface area (Å²) in [7, 11) is 0. The predicted octanol–water partition coefficient (Wildman–Crippen LogP) is 1.28. The van der Waals surface area contributed by atoms with Gasteiger partial charge in [0.25, 0.3) is 0 Å². The topological polar surface area (TPSA) is 38.0 Å². The van der Waals surface area contributed by atoms with Crippen molar-refractivity contribution in [1.82, 2.24) is 5.32 Å². The molecule has 1 aliphatic rings. The van der Waals surface area contributed by atoms with E-state index in [1.807, 2.05) is 6.08 Å². The fourth-order valence-corrected chi connectivity index (χ4v) is 1.57. The zero-order chi connectivity index (χ0) is 9.24. The molecule has 1 rings (SSSR count). The molecule has 0 aliphatic heterocycles. The minimum Gasteiger partial charge on any atom is -0.329 e. The Morgan fingerprint density at radius 2 is 2.25 bits per heavy atom. The van der Waals surface area contributed by atoms with Crippen molar-refractivity contribution in [3.8, 4) is 0 Å². The average molecular weight is 168 g/mol. The predicted molar refractivity (Wildman–Crippen MR) is 53.0 cm³/mol. The fraction of sp³-hybridized carbons (Fsp3) is 0.800. The molecule has 12 heavy (non-hydrogen) atoms. The van der Waals surface area contributed by atoms with Gasteiger partial charge < -0.3 is 11.1 Å². The van der Waals surface area contributed by atoms with E-state index in [0.717, 1.165) is 6.54 Å². The van der Waals surface area contributed by atoms with Crippen LogP contribution in [0.5, 0.6) is 0 Å². The van der Waals surface area contributed by atoms with Crippen LogP contribution in [-0.2, 0) is 0 Å². The maximum Gasteiger partial charge on any atom is 0.0332 e. The zero-order valence-electron chi connectivity index (χ0n) is 8.19. The minimum atomic E-state index is 0.0984. The van der Waals surface area contributed by atoms with Crippen molar-refractivity contribution < 1.29 is 0 Å². The van der Waals surface area contributed by atoms with Gasteiger partial charge in [0.05, 0.1) is 0 Å². The molecule has 0 aromatic heterocycles. The second-order valence-corrected chi connectivity index (χ2v) is 4.27. The van der Waals surface area contributed by atoms with Crippen molar-refractivity contribution in [2.45, 2.75) is 32.2 Å². The van der Waals surface area contributed by atoms with Crippen molar-refractivity contribution in [3.63, 3.8) is 0 Å². The van der Waals surface area contributed by atoms with Crippen LogP contribution < -0.4 is 11.1 Å². The van der Waals surface area contributed by atoms with Crippen molar-refractivity contribution >= 4 is 0 Å². The smallest absolute Gasteiger partial charge is 0.0332 e. The molecule has 2 heteroatoms. The molecule has 1 aliphatic carbocycles. The summed E-state index contributed by atoms with van der Waals surface area (Å²) in [6.45, 7) is 9.77. The third kappa shape index (κ3) is 1.54. The molecular formula is C10H20N2. The van der Waals surface area contributed by atoms with E-state index >= 15 is 0 Å². The third-order valence-corrected chi connectivity index (χ3v) is 3.38. The highest BCUT2D eigenvalue weighted by Crippen LogP contribution is 2.53. The second kappa shape index (κ2) is 3.19. The van der Waals surface area contributed by atoms with Gasteiger partial charge in [0.1, 0.15) is 0 Å². The molecule has 1 fully saturated rings. The van der Waals surface area contributed by atoms with Crippen molar-refractivity contribution in [2.75, 3.05) is 13.1 Å². The average Bonchev–Trinajstić information content (AvgIpc) is 2.81. The monoisotopic (exact) mass is 168 g/mol. The Labute approximate surface area is 75.2 Å². The van der Waals surface area contributed by atoms with Gasteiger partial charge in [-0.25, -0.2) is 0 Å². The first-order chi connectivity index (χ1) is 5.58. The summed E-state index contributed by atoms with van der Waals surface area (Å²) in [6, 6.07) is 0. The number of nitrogens with one attached hydrogen (secondary N) is 1. The highest BCUT2D eigenvalue weighted by Gasteiger charge is 2.51. The van der Waals surface area contributed by atoms with Crippen molar-refractivity contribution in [1.29, 1.82) is 0 Å². The van der Waals surface area contributed by atoms with Crippen molar-refractivity contribution in [2.24, 2.45) is 11.1 Å². The van der Waals surface area contributed by atoms with Gasteiger partial charge in [-0.2, -0.15) is 0 Å². The summed E-state index contributed by atoms with van der Waals surface area (Å²) < 4.78 is 0. The molecule has 0 heterocycles. The molecule has 0 spiro atoms. The van der Waals surface area contributed by atoms with Crippen LogP contribution in [0.4, 0.5) is 0 Å². The molecule has 70 valence electrons. The van der Waals surface area contributed by atoms with Gasteiger partial charge in [0.2, 0.25) is 0 Å². The lowest BCUT2D eigenvalue weighted by Gasteiger charge is -2.36. The summed E-state index contributed by atoms with van der Waals surface area (Å²) in [6.07, 6.45) is 4.48. The molecule has 0 aromatic rings. The van der Waals surface area contributed by atoms with Crippen LogP contribution in [0.2, 0.25) is 0 Å². The molecular weight excluding hydrogens is 148 g/mol. The Morgan fingerprint density at radius 1 is 1.67 bits per heavy atom. The van der Waals surface area contributed by atoms with Crippen LogP contribution in [0.3, 0.4) is 0 Å². The van der Waals surface area contributed by atoms with Crippen LogP contribution in [0, 0.1) is 5.41 Å². The molecule has 1 saturated carbocycles. The molecule has 1 atom stereocenters.